The quantitative estimate of drug-likeness (QED) is 0.0593. The van der Waals surface area contributed by atoms with Gasteiger partial charge in [-0.2, -0.15) is 0 Å². The molecule has 0 aliphatic rings. The number of rotatable bonds is 79. The average molecular weight is 1420 g/mol. The first-order valence-corrected chi connectivity index (χ1v) is 46.8. The smallest absolute Gasteiger partial charge is 0.310 e. The molecule has 0 aromatic carbocycles. The van der Waals surface area contributed by atoms with Crippen LogP contribution in [0, 0.1) is 63.6 Å². The van der Waals surface area contributed by atoms with Crippen LogP contribution in [-0.4, -0.2) is 71.7 Å². The van der Waals surface area contributed by atoms with Gasteiger partial charge in [-0.3, -0.25) is 9.59 Å². The highest BCUT2D eigenvalue weighted by molar-refractivity contribution is 5.77. The highest BCUT2D eigenvalue weighted by atomic mass is 16.4. The Kier molecular flexibility index (Phi) is 66.3. The van der Waals surface area contributed by atoms with Crippen molar-refractivity contribution in [1.29, 1.82) is 0 Å². The molecule has 0 aliphatic heterocycles. The molecule has 6 heteroatoms. The zero-order valence-corrected chi connectivity index (χ0v) is 72.4. The van der Waals surface area contributed by atoms with Gasteiger partial charge in [0, 0.05) is 26.6 Å². The van der Waals surface area contributed by atoms with Gasteiger partial charge in [-0.05, 0) is 116 Å². The first kappa shape index (κ1) is 99.9. The predicted octanol–water partition coefficient (Wildman–Crippen LogP) is 30.8. The van der Waals surface area contributed by atoms with Crippen LogP contribution >= 0.6 is 0 Å². The van der Waals surface area contributed by atoms with E-state index in [-0.39, 0.29) is 35.7 Å². The van der Waals surface area contributed by atoms with E-state index in [1.165, 1.54) is 308 Å². The summed E-state index contributed by atoms with van der Waals surface area (Å²) in [7, 11) is 2.02. The first-order valence-electron chi connectivity index (χ1n) is 46.8. The van der Waals surface area contributed by atoms with Crippen LogP contribution in [0.3, 0.4) is 0 Å². The zero-order chi connectivity index (χ0) is 75.1. The molecule has 0 spiro atoms. The number of carbonyl (C=O) groups is 2. The maximum Gasteiger partial charge on any atom is 0.310 e. The molecule has 0 aromatic heterocycles. The van der Waals surface area contributed by atoms with Gasteiger partial charge in [0.25, 0.3) is 0 Å². The van der Waals surface area contributed by atoms with Gasteiger partial charge in [-0.1, -0.05) is 444 Å². The summed E-state index contributed by atoms with van der Waals surface area (Å²) >= 11 is 0. The Bertz CT molecular complexity index is 1720. The molecule has 0 aromatic rings. The van der Waals surface area contributed by atoms with Gasteiger partial charge in [0.2, 0.25) is 5.91 Å². The van der Waals surface area contributed by atoms with Crippen molar-refractivity contribution >= 4 is 11.9 Å². The molecule has 604 valence electrons. The molecule has 0 saturated carbocycles. The number of carbonyl (C=O) groups excluding carboxylic acids is 1. The van der Waals surface area contributed by atoms with Gasteiger partial charge >= 0.3 is 5.97 Å². The second kappa shape index (κ2) is 67.0. The molecule has 101 heavy (non-hydrogen) atoms. The third kappa shape index (κ3) is 39.2. The Balaban J connectivity index is 9.72. The summed E-state index contributed by atoms with van der Waals surface area (Å²) in [5, 5.41) is 25.0. The van der Waals surface area contributed by atoms with E-state index in [2.05, 4.69) is 109 Å². The molecule has 0 bridgehead atoms. The van der Waals surface area contributed by atoms with Crippen LogP contribution in [0.4, 0.5) is 0 Å². The minimum absolute atomic E-state index is 0.0349. The zero-order valence-electron chi connectivity index (χ0n) is 72.4. The molecule has 2 N–H and O–H groups in total. The Hall–Kier alpha value is -1.14. The Morgan fingerprint density at radius 2 is 0.564 bits per heavy atom. The van der Waals surface area contributed by atoms with Crippen molar-refractivity contribution in [2.24, 2.45) is 63.6 Å². The highest BCUT2D eigenvalue weighted by Crippen LogP contribution is 2.77. The summed E-state index contributed by atoms with van der Waals surface area (Å²) in [5.74, 6) is 1.92. The summed E-state index contributed by atoms with van der Waals surface area (Å²) in [4.78, 5) is 35.2. The second-order valence-corrected chi connectivity index (χ2v) is 35.0. The van der Waals surface area contributed by atoms with Crippen molar-refractivity contribution in [1.82, 2.24) is 9.80 Å². The molecule has 8 atom stereocenters. The van der Waals surface area contributed by atoms with E-state index in [9.17, 15) is 15.0 Å². The number of aliphatic hydroxyl groups is 1. The monoisotopic (exact) mass is 1420 g/mol. The number of amides is 1. The van der Waals surface area contributed by atoms with Gasteiger partial charge in [-0.15, -0.1) is 0 Å². The SMILES string of the molecule is CCCCCCCCC(C)C(CCCN(CCO)CCCCCC(=O)N(C)CCCCCCCC)C(C(C)CCCCCCCC)(C(C)CCCCCCCC)C(C(C)CCCCCCCC)(C(C)CCCCCCCC)C(C(=O)O)(C(C)CCCCCCCC)C(C)CCCCCCCC. The number of nitrogens with zero attached hydrogens (tertiary/aromatic N) is 2. The van der Waals surface area contributed by atoms with Crippen molar-refractivity contribution in [3.05, 3.63) is 0 Å². The average Bonchev–Trinajstić information content (AvgIpc) is 0.669. The Morgan fingerprint density at radius 1 is 0.297 bits per heavy atom. The maximum atomic E-state index is 17.1. The topological polar surface area (TPSA) is 81.1 Å². The number of unbranched alkanes of at least 4 members (excludes halogenated alkanes) is 42. The van der Waals surface area contributed by atoms with E-state index in [1.807, 2.05) is 11.9 Å². The molecular formula is C95H190N2O4. The second-order valence-electron chi connectivity index (χ2n) is 35.0. The molecule has 8 unspecified atom stereocenters. The maximum absolute atomic E-state index is 17.1. The molecule has 1 amide bonds. The van der Waals surface area contributed by atoms with Crippen molar-refractivity contribution < 1.29 is 19.8 Å². The van der Waals surface area contributed by atoms with Gasteiger partial charge in [0.1, 0.15) is 0 Å². The molecule has 0 saturated heterocycles. The van der Waals surface area contributed by atoms with E-state index in [0.29, 0.717) is 42.5 Å². The minimum atomic E-state index is -0.945. The number of aliphatic carboxylic acids is 1. The van der Waals surface area contributed by atoms with Crippen LogP contribution in [0.5, 0.6) is 0 Å². The molecule has 6 nitrogen and oxygen atoms in total. The lowest BCUT2D eigenvalue weighted by atomic mass is 9.29. The van der Waals surface area contributed by atoms with Gasteiger partial charge < -0.3 is 20.0 Å². The normalized spacial score (nSPS) is 16.3. The summed E-state index contributed by atoms with van der Waals surface area (Å²) in [5.41, 5.74) is -1.72. The van der Waals surface area contributed by atoms with Crippen molar-refractivity contribution in [2.75, 3.05) is 39.8 Å². The van der Waals surface area contributed by atoms with E-state index >= 15 is 4.79 Å². The fraction of sp³-hybridized carbons (Fsp3) is 0.979. The molecule has 0 rings (SSSR count). The standard InChI is InChI=1S/C95H190N2O4/c1-17-25-33-41-49-58-69-83(9)90(76-68-80-97(81-82-98)79-67-57-65-77-91(99)96(16)78-66-56-48-40-32-24-8)93(84(10)70-59-50-42-34-26-18-2,85(11)71-60-51-43-35-27-19-3)95(88(14)74-63-54-46-38-30-22-6,89(15)75-64-55-47-39-31-23-7)94(92(100)101,86(12)72-61-52-44-36-28-20-4)87(13)73-62-53-45-37-29-21-5/h83-90,98H,17-82H2,1-16H3,(H,100,101). The fourth-order valence-electron chi connectivity index (χ4n) is 21.2. The lowest BCUT2D eigenvalue weighted by molar-refractivity contribution is -0.278. The number of carboxylic acids is 1. The van der Waals surface area contributed by atoms with Crippen LogP contribution in [0.25, 0.3) is 0 Å². The lowest BCUT2D eigenvalue weighted by Gasteiger charge is -2.74. The predicted molar refractivity (Wildman–Crippen MR) is 451 cm³/mol. The van der Waals surface area contributed by atoms with Gasteiger partial charge in [0.15, 0.2) is 0 Å². The van der Waals surface area contributed by atoms with E-state index in [4.69, 9.17) is 0 Å². The number of carboxylic acid groups (broad SMARTS) is 1. The van der Waals surface area contributed by atoms with Crippen LogP contribution in [0.2, 0.25) is 0 Å². The van der Waals surface area contributed by atoms with E-state index < -0.39 is 16.8 Å². The summed E-state index contributed by atoms with van der Waals surface area (Å²) in [6, 6.07) is 0. The summed E-state index contributed by atoms with van der Waals surface area (Å²) in [6.07, 6.45) is 74.7. The van der Waals surface area contributed by atoms with Crippen molar-refractivity contribution in [3.63, 3.8) is 0 Å². The van der Waals surface area contributed by atoms with Crippen LogP contribution in [0.15, 0.2) is 0 Å². The minimum Gasteiger partial charge on any atom is -0.481 e. The number of hydrogen-bond donors (Lipinski definition) is 2. The molecule has 0 aliphatic carbocycles. The van der Waals surface area contributed by atoms with Crippen LogP contribution < -0.4 is 0 Å². The van der Waals surface area contributed by atoms with E-state index in [1.54, 1.807) is 0 Å². The van der Waals surface area contributed by atoms with Crippen LogP contribution in [-0.2, 0) is 9.59 Å². The number of hydrogen-bond acceptors (Lipinski definition) is 4. The van der Waals surface area contributed by atoms with Crippen molar-refractivity contribution in [3.8, 4) is 0 Å². The van der Waals surface area contributed by atoms with E-state index in [0.717, 1.165) is 96.7 Å². The van der Waals surface area contributed by atoms with Gasteiger partial charge in [0.05, 0.1) is 12.0 Å². The largest absolute Gasteiger partial charge is 0.481 e. The van der Waals surface area contributed by atoms with Crippen molar-refractivity contribution in [2.45, 2.75) is 496 Å². The highest BCUT2D eigenvalue weighted by Gasteiger charge is 2.75. The van der Waals surface area contributed by atoms with Crippen LogP contribution in [0.1, 0.15) is 496 Å². The van der Waals surface area contributed by atoms with Gasteiger partial charge in [-0.25, -0.2) is 0 Å². The molecule has 0 heterocycles. The fourth-order valence-corrected chi connectivity index (χ4v) is 21.2. The lowest BCUT2D eigenvalue weighted by Crippen LogP contribution is -2.73. The Morgan fingerprint density at radius 3 is 0.891 bits per heavy atom. The third-order valence-corrected chi connectivity index (χ3v) is 26.8. The Labute approximate surface area is 636 Å². The summed E-state index contributed by atoms with van der Waals surface area (Å²) < 4.78 is 0. The molecule has 0 radical (unpaired) electrons. The first-order chi connectivity index (χ1) is 49.0. The third-order valence-electron chi connectivity index (χ3n) is 26.8. The summed E-state index contributed by atoms with van der Waals surface area (Å²) in [6.45, 7) is 41.6. The molecular weight excluding hydrogens is 1230 g/mol. The molecule has 0 fully saturated rings. The number of aliphatic hydroxyl groups excluding tert-OH is 1.